The third kappa shape index (κ3) is 13.3. The van der Waals surface area contributed by atoms with Gasteiger partial charge in [-0.25, -0.2) is 0 Å². The van der Waals surface area contributed by atoms with Crippen LogP contribution < -0.4 is 20.8 Å². The predicted octanol–water partition coefficient (Wildman–Crippen LogP) is -4.00. The van der Waals surface area contributed by atoms with E-state index in [4.69, 9.17) is 10.2 Å². The number of aromatic carboxylic acids is 2. The third-order valence-electron chi connectivity index (χ3n) is 4.83. The molecule has 3 aromatic carbocycles. The van der Waals surface area contributed by atoms with Crippen LogP contribution >= 0.6 is 0 Å². The number of aliphatic hydroxyl groups excluding tert-OH is 2. The third-order valence-corrected chi connectivity index (χ3v) is 4.83. The topological polar surface area (TPSA) is 257 Å². The van der Waals surface area contributed by atoms with Gasteiger partial charge in [-0.2, -0.15) is 0 Å². The van der Waals surface area contributed by atoms with Crippen LogP contribution in [0, 0.1) is 0 Å². The molecular formula is C26H36N2O10. The molecule has 3 rings (SSSR count). The van der Waals surface area contributed by atoms with E-state index in [1.165, 1.54) is 0 Å². The van der Waals surface area contributed by atoms with Gasteiger partial charge in [0.2, 0.25) is 0 Å². The minimum Gasteiger partial charge on any atom is -0.545 e. The average Bonchev–Trinajstić information content (AvgIpc) is 2.86. The van der Waals surface area contributed by atoms with Crippen molar-refractivity contribution < 1.29 is 61.8 Å². The van der Waals surface area contributed by atoms with Crippen LogP contribution in [0.5, 0.6) is 11.5 Å². The van der Waals surface area contributed by atoms with Crippen LogP contribution in [0.25, 0.3) is 0 Å². The van der Waals surface area contributed by atoms with Crippen LogP contribution in [-0.2, 0) is 0 Å². The molecule has 12 N–H and O–H groups in total. The number of carboxylic acid groups (broad SMARTS) is 2. The summed E-state index contributed by atoms with van der Waals surface area (Å²) in [7, 11) is 3.81. The van der Waals surface area contributed by atoms with Gasteiger partial charge in [0, 0.05) is 0 Å². The van der Waals surface area contributed by atoms with Crippen molar-refractivity contribution in [2.45, 2.75) is 12.2 Å². The van der Waals surface area contributed by atoms with Gasteiger partial charge in [0.15, 0.2) is 0 Å². The van der Waals surface area contributed by atoms with Crippen LogP contribution in [0.15, 0.2) is 72.8 Å². The monoisotopic (exact) mass is 536 g/mol. The van der Waals surface area contributed by atoms with Crippen LogP contribution in [0.3, 0.4) is 0 Å². The molecule has 0 saturated heterocycles. The number of phenolic OH excluding ortho intramolecular Hbond substituents is 2. The number of aromatic hydroxyl groups is 2. The van der Waals surface area contributed by atoms with Crippen LogP contribution in [-0.4, -0.2) is 70.5 Å². The first-order valence-electron chi connectivity index (χ1n) is 11.1. The highest BCUT2D eigenvalue weighted by Gasteiger charge is 2.07. The zero-order valence-electron chi connectivity index (χ0n) is 21.1. The Labute approximate surface area is 220 Å². The molecule has 0 aliphatic carbocycles. The van der Waals surface area contributed by atoms with Crippen molar-refractivity contribution in [3.8, 4) is 11.5 Å². The summed E-state index contributed by atoms with van der Waals surface area (Å²) in [5.41, 5.74) is 1.57. The predicted molar refractivity (Wildman–Crippen MR) is 134 cm³/mol. The van der Waals surface area contributed by atoms with Gasteiger partial charge < -0.3 is 61.8 Å². The lowest BCUT2D eigenvalue weighted by Gasteiger charge is -2.07. The molecule has 2 atom stereocenters. The van der Waals surface area contributed by atoms with Crippen molar-refractivity contribution in [2.75, 3.05) is 27.2 Å². The lowest BCUT2D eigenvalue weighted by molar-refractivity contribution is -0.634. The van der Waals surface area contributed by atoms with Gasteiger partial charge in [-0.1, -0.05) is 48.5 Å². The number of carbonyl (C=O) groups is 2. The van der Waals surface area contributed by atoms with Gasteiger partial charge in [-0.05, 0) is 46.5 Å². The molecule has 0 bridgehead atoms. The van der Waals surface area contributed by atoms with Crippen LogP contribution in [0.2, 0.25) is 0 Å². The molecule has 0 aliphatic rings. The van der Waals surface area contributed by atoms with E-state index in [-0.39, 0.29) is 33.6 Å². The van der Waals surface area contributed by atoms with E-state index >= 15 is 0 Å². The molecule has 0 heterocycles. The summed E-state index contributed by atoms with van der Waals surface area (Å²) in [6.45, 7) is 1.29. The molecule has 0 saturated carbocycles. The van der Waals surface area contributed by atoms with Gasteiger partial charge in [-0.15, -0.1) is 0 Å². The molecule has 0 unspecified atom stereocenters. The molecule has 38 heavy (non-hydrogen) atoms. The molecule has 3 aromatic rings. The highest BCUT2D eigenvalue weighted by atomic mass is 16.4. The Balaban J connectivity index is 0. The van der Waals surface area contributed by atoms with E-state index in [1.807, 2.05) is 24.7 Å². The fraction of sp³-hybridized carbons (Fsp3) is 0.231. The van der Waals surface area contributed by atoms with E-state index in [1.54, 1.807) is 48.5 Å². The van der Waals surface area contributed by atoms with E-state index in [0.717, 1.165) is 35.4 Å². The number of aliphatic hydroxyl groups is 2. The molecule has 0 aromatic heterocycles. The summed E-state index contributed by atoms with van der Waals surface area (Å²) in [5, 5.41) is 61.2. The molecule has 0 fully saturated rings. The second-order valence-corrected chi connectivity index (χ2v) is 7.65. The zero-order chi connectivity index (χ0) is 27.1. The number of nitrogens with two attached hydrogens (primary N) is 2. The highest BCUT2D eigenvalue weighted by Crippen LogP contribution is 2.16. The quantitative estimate of drug-likeness (QED) is 0.165. The fourth-order valence-electron chi connectivity index (χ4n) is 2.85. The number of quaternary nitrogens is 2. The molecule has 0 aliphatic heterocycles. The van der Waals surface area contributed by atoms with E-state index in [9.17, 15) is 30.0 Å². The number of benzene rings is 3. The van der Waals surface area contributed by atoms with E-state index in [2.05, 4.69) is 0 Å². The Bertz CT molecular complexity index is 972. The standard InChI is InChI=1S/2C9H13NO2.C8H6O4.2H2O/c2*1-10-6-9(12)7-2-4-8(11)5-3-7;9-7(10)5-1-2-6(4-3-5)8(11)12;;/h2*2-5,9-12H,6H2,1H3;1-4H,(H,9,10)(H,11,12);2*1H2/t2*9-;;;/m00.../s1. The maximum Gasteiger partial charge on any atom is 0.128 e. The zero-order valence-corrected chi connectivity index (χ0v) is 21.1. The van der Waals surface area contributed by atoms with Crippen molar-refractivity contribution >= 4 is 11.9 Å². The van der Waals surface area contributed by atoms with Crippen LogP contribution in [0.1, 0.15) is 44.1 Å². The van der Waals surface area contributed by atoms with Crippen LogP contribution in [0.4, 0.5) is 0 Å². The number of hydrogen-bond acceptors (Lipinski definition) is 8. The first kappa shape index (κ1) is 36.1. The lowest BCUT2D eigenvalue weighted by atomic mass is 10.1. The smallest absolute Gasteiger partial charge is 0.128 e. The van der Waals surface area contributed by atoms with Crippen molar-refractivity contribution in [3.05, 3.63) is 95.1 Å². The Kier molecular flexibility index (Phi) is 18.2. The summed E-state index contributed by atoms with van der Waals surface area (Å²) in [4.78, 5) is 20.4. The molecule has 0 radical (unpaired) electrons. The van der Waals surface area contributed by atoms with E-state index < -0.39 is 24.1 Å². The summed E-state index contributed by atoms with van der Waals surface area (Å²) in [6.07, 6.45) is -0.897. The maximum absolute atomic E-state index is 10.2. The molecule has 12 heteroatoms. The summed E-state index contributed by atoms with van der Waals surface area (Å²) in [5.74, 6) is -2.21. The normalized spacial score (nSPS) is 11.1. The Hall–Kier alpha value is -4.04. The molecule has 0 spiro atoms. The minimum absolute atomic E-state index is 0. The van der Waals surface area contributed by atoms with Gasteiger partial charge in [0.1, 0.15) is 36.8 Å². The molecular weight excluding hydrogens is 500 g/mol. The highest BCUT2D eigenvalue weighted by molar-refractivity contribution is 5.89. The SMILES string of the molecule is C[NH2+]C[C@H](O)c1ccc(O)cc1.C[NH2+]C[C@H](O)c1ccc(O)cc1.O.O.O=C([O-])c1ccc(C(=O)[O-])cc1. The number of rotatable bonds is 8. The molecule has 210 valence electrons. The second-order valence-electron chi connectivity index (χ2n) is 7.65. The Morgan fingerprint density at radius 3 is 1.11 bits per heavy atom. The second kappa shape index (κ2) is 19.1. The van der Waals surface area contributed by atoms with Gasteiger partial charge in [0.25, 0.3) is 0 Å². The number of hydrogen-bond donors (Lipinski definition) is 6. The van der Waals surface area contributed by atoms with Gasteiger partial charge >= 0.3 is 0 Å². The fourth-order valence-corrected chi connectivity index (χ4v) is 2.85. The summed E-state index contributed by atoms with van der Waals surface area (Å²) < 4.78 is 0. The molecule has 12 nitrogen and oxygen atoms in total. The number of carbonyl (C=O) groups excluding carboxylic acids is 2. The van der Waals surface area contributed by atoms with Gasteiger partial charge in [0.05, 0.1) is 26.0 Å². The Morgan fingerprint density at radius 2 is 0.895 bits per heavy atom. The first-order valence-corrected chi connectivity index (χ1v) is 11.1. The lowest BCUT2D eigenvalue weighted by Crippen LogP contribution is -2.80. The van der Waals surface area contributed by atoms with Crippen molar-refractivity contribution in [1.82, 2.24) is 0 Å². The summed E-state index contributed by atoms with van der Waals surface area (Å²) in [6, 6.07) is 17.8. The van der Waals surface area contributed by atoms with Crippen molar-refractivity contribution in [2.24, 2.45) is 0 Å². The van der Waals surface area contributed by atoms with Crippen molar-refractivity contribution in [1.29, 1.82) is 0 Å². The summed E-state index contributed by atoms with van der Waals surface area (Å²) >= 11 is 0. The number of likely N-dealkylation sites (N-methyl/N-ethyl adjacent to an activating group) is 2. The first-order chi connectivity index (χ1) is 17.1. The van der Waals surface area contributed by atoms with E-state index in [0.29, 0.717) is 13.1 Å². The van der Waals surface area contributed by atoms with Gasteiger partial charge in [-0.3, -0.25) is 0 Å². The maximum atomic E-state index is 10.2. The minimum atomic E-state index is -1.33. The number of phenols is 2. The van der Waals surface area contributed by atoms with Crippen molar-refractivity contribution in [3.63, 3.8) is 0 Å². The Morgan fingerprint density at radius 1 is 0.632 bits per heavy atom. The number of carboxylic acids is 2. The molecule has 0 amide bonds. The largest absolute Gasteiger partial charge is 0.545 e. The average molecular weight is 537 g/mol.